The Labute approximate surface area is 116 Å². The summed E-state index contributed by atoms with van der Waals surface area (Å²) in [5.41, 5.74) is 0.820. The Morgan fingerprint density at radius 3 is 2.74 bits per heavy atom. The Morgan fingerprint density at radius 1 is 1.37 bits per heavy atom. The fourth-order valence-corrected chi connectivity index (χ4v) is 1.61. The van der Waals surface area contributed by atoms with Crippen LogP contribution in [0.4, 0.5) is 0 Å². The molecule has 104 valence electrons. The maximum absolute atomic E-state index is 11.7. The zero-order valence-electron chi connectivity index (χ0n) is 10.8. The Kier molecular flexibility index (Phi) is 6.15. The lowest BCUT2D eigenvalue weighted by molar-refractivity contribution is -0.140. The molecular weight excluding hydrogens is 270 g/mol. The molecule has 1 rings (SSSR count). The van der Waals surface area contributed by atoms with Crippen LogP contribution in [0.15, 0.2) is 24.3 Å². The average Bonchev–Trinajstić information content (AvgIpc) is 2.44. The van der Waals surface area contributed by atoms with E-state index in [0.29, 0.717) is 5.75 Å². The molecule has 1 amide bonds. The molecule has 0 spiro atoms. The van der Waals surface area contributed by atoms with E-state index in [0.717, 1.165) is 5.56 Å². The van der Waals surface area contributed by atoms with Crippen LogP contribution in [0.3, 0.4) is 0 Å². The van der Waals surface area contributed by atoms with E-state index in [-0.39, 0.29) is 18.9 Å². The highest BCUT2D eigenvalue weighted by molar-refractivity contribution is 6.30. The van der Waals surface area contributed by atoms with Crippen molar-refractivity contribution in [3.8, 4) is 5.75 Å². The second-order valence-corrected chi connectivity index (χ2v) is 4.35. The molecule has 0 bridgehead atoms. The van der Waals surface area contributed by atoms with Crippen molar-refractivity contribution in [2.45, 2.75) is 11.8 Å². The predicted molar refractivity (Wildman–Crippen MR) is 71.4 cm³/mol. The average molecular weight is 286 g/mol. The number of carbonyl (C=O) groups is 2. The van der Waals surface area contributed by atoms with Crippen molar-refractivity contribution in [3.05, 3.63) is 29.8 Å². The summed E-state index contributed by atoms with van der Waals surface area (Å²) in [5.74, 6) is -0.0961. The fourth-order valence-electron chi connectivity index (χ4n) is 1.44. The van der Waals surface area contributed by atoms with Gasteiger partial charge in [-0.15, -0.1) is 11.6 Å². The monoisotopic (exact) mass is 285 g/mol. The van der Waals surface area contributed by atoms with Crippen molar-refractivity contribution in [1.82, 2.24) is 5.32 Å². The van der Waals surface area contributed by atoms with Crippen LogP contribution in [0.1, 0.15) is 5.56 Å². The minimum absolute atomic E-state index is 0.0387. The number of esters is 1. The van der Waals surface area contributed by atoms with Crippen LogP contribution in [-0.2, 0) is 20.7 Å². The molecule has 6 heteroatoms. The van der Waals surface area contributed by atoms with Crippen LogP contribution < -0.4 is 10.1 Å². The highest BCUT2D eigenvalue weighted by atomic mass is 35.5. The number of amides is 1. The highest BCUT2D eigenvalue weighted by Gasteiger charge is 2.16. The second kappa shape index (κ2) is 7.63. The van der Waals surface area contributed by atoms with E-state index < -0.39 is 11.3 Å². The molecule has 0 fully saturated rings. The van der Waals surface area contributed by atoms with Gasteiger partial charge in [0, 0.05) is 6.54 Å². The number of carbonyl (C=O) groups excluding carboxylic acids is 2. The van der Waals surface area contributed by atoms with Crippen molar-refractivity contribution in [3.63, 3.8) is 0 Å². The number of nitrogens with one attached hydrogen (secondary N) is 1. The molecule has 1 unspecified atom stereocenters. The molecule has 0 saturated carbocycles. The SMILES string of the molecule is COC(=O)C(Cl)CNC(=O)Cc1cccc(OC)c1. The van der Waals surface area contributed by atoms with Gasteiger partial charge in [0.2, 0.25) is 5.91 Å². The third-order valence-electron chi connectivity index (χ3n) is 2.43. The lowest BCUT2D eigenvalue weighted by Gasteiger charge is -2.09. The van der Waals surface area contributed by atoms with Gasteiger partial charge in [-0.1, -0.05) is 12.1 Å². The number of benzene rings is 1. The largest absolute Gasteiger partial charge is 0.497 e. The van der Waals surface area contributed by atoms with Gasteiger partial charge in [0.05, 0.1) is 20.6 Å². The number of hydrogen-bond donors (Lipinski definition) is 1. The third-order valence-corrected chi connectivity index (χ3v) is 2.77. The maximum Gasteiger partial charge on any atom is 0.325 e. The Balaban J connectivity index is 2.44. The van der Waals surface area contributed by atoms with Crippen LogP contribution in [0.5, 0.6) is 5.75 Å². The first kappa shape index (κ1) is 15.3. The molecule has 0 aliphatic carbocycles. The van der Waals surface area contributed by atoms with Crippen LogP contribution in [0, 0.1) is 0 Å². The van der Waals surface area contributed by atoms with Crippen molar-refractivity contribution in [1.29, 1.82) is 0 Å². The molecule has 1 atom stereocenters. The standard InChI is InChI=1S/C13H16ClNO4/c1-18-10-5-3-4-9(6-10)7-12(16)15-8-11(14)13(17)19-2/h3-6,11H,7-8H2,1-2H3,(H,15,16). The number of hydrogen-bond acceptors (Lipinski definition) is 4. The van der Waals surface area contributed by atoms with E-state index in [1.165, 1.54) is 7.11 Å². The summed E-state index contributed by atoms with van der Waals surface area (Å²) in [6, 6.07) is 7.20. The summed E-state index contributed by atoms with van der Waals surface area (Å²) in [6.07, 6.45) is 0.196. The summed E-state index contributed by atoms with van der Waals surface area (Å²) < 4.78 is 9.52. The van der Waals surface area contributed by atoms with Gasteiger partial charge in [-0.3, -0.25) is 9.59 Å². The van der Waals surface area contributed by atoms with Crippen molar-refractivity contribution >= 4 is 23.5 Å². The Morgan fingerprint density at radius 2 is 2.11 bits per heavy atom. The number of alkyl halides is 1. The highest BCUT2D eigenvalue weighted by Crippen LogP contribution is 2.12. The minimum atomic E-state index is -0.876. The lowest BCUT2D eigenvalue weighted by Crippen LogP contribution is -2.35. The van der Waals surface area contributed by atoms with Gasteiger partial charge in [0.15, 0.2) is 0 Å². The van der Waals surface area contributed by atoms with Crippen LogP contribution in [-0.4, -0.2) is 38.0 Å². The molecule has 0 radical (unpaired) electrons. The molecular formula is C13H16ClNO4. The van der Waals surface area contributed by atoms with Gasteiger partial charge in [0.1, 0.15) is 11.1 Å². The van der Waals surface area contributed by atoms with Gasteiger partial charge < -0.3 is 14.8 Å². The van der Waals surface area contributed by atoms with Crippen molar-refractivity contribution in [2.24, 2.45) is 0 Å². The minimum Gasteiger partial charge on any atom is -0.497 e. The van der Waals surface area contributed by atoms with Crippen LogP contribution >= 0.6 is 11.6 Å². The van der Waals surface area contributed by atoms with E-state index in [2.05, 4.69) is 10.1 Å². The van der Waals surface area contributed by atoms with Gasteiger partial charge in [-0.25, -0.2) is 0 Å². The first-order valence-electron chi connectivity index (χ1n) is 5.68. The smallest absolute Gasteiger partial charge is 0.325 e. The molecule has 0 aromatic heterocycles. The summed E-state index contributed by atoms with van der Waals surface area (Å²) in [7, 11) is 2.81. The van der Waals surface area contributed by atoms with E-state index in [4.69, 9.17) is 16.3 Å². The van der Waals surface area contributed by atoms with Crippen LogP contribution in [0.2, 0.25) is 0 Å². The number of halogens is 1. The summed E-state index contributed by atoms with van der Waals surface area (Å²) >= 11 is 5.72. The first-order chi connectivity index (χ1) is 9.06. The first-order valence-corrected chi connectivity index (χ1v) is 6.12. The summed E-state index contributed by atoms with van der Waals surface area (Å²) in [5, 5.41) is 1.70. The zero-order chi connectivity index (χ0) is 14.3. The van der Waals surface area contributed by atoms with E-state index in [1.807, 2.05) is 6.07 Å². The number of methoxy groups -OCH3 is 2. The normalized spacial score (nSPS) is 11.5. The lowest BCUT2D eigenvalue weighted by atomic mass is 10.1. The molecule has 0 saturated heterocycles. The van der Waals surface area contributed by atoms with Crippen molar-refractivity contribution in [2.75, 3.05) is 20.8 Å². The molecule has 1 aromatic rings. The second-order valence-electron chi connectivity index (χ2n) is 3.82. The zero-order valence-corrected chi connectivity index (χ0v) is 11.6. The van der Waals surface area contributed by atoms with Gasteiger partial charge in [-0.2, -0.15) is 0 Å². The van der Waals surface area contributed by atoms with E-state index >= 15 is 0 Å². The molecule has 5 nitrogen and oxygen atoms in total. The van der Waals surface area contributed by atoms with Gasteiger partial charge in [-0.05, 0) is 17.7 Å². The molecule has 0 heterocycles. The van der Waals surface area contributed by atoms with Gasteiger partial charge in [0.25, 0.3) is 0 Å². The molecule has 1 aromatic carbocycles. The van der Waals surface area contributed by atoms with E-state index in [1.54, 1.807) is 25.3 Å². The third kappa shape index (κ3) is 5.18. The molecule has 1 N–H and O–H groups in total. The predicted octanol–water partition coefficient (Wildman–Crippen LogP) is 1.13. The quantitative estimate of drug-likeness (QED) is 0.629. The topological polar surface area (TPSA) is 64.6 Å². The maximum atomic E-state index is 11.7. The number of ether oxygens (including phenoxy) is 2. The molecule has 19 heavy (non-hydrogen) atoms. The summed E-state index contributed by atoms with van der Waals surface area (Å²) in [4.78, 5) is 22.7. The Hall–Kier alpha value is -1.75. The van der Waals surface area contributed by atoms with Gasteiger partial charge >= 0.3 is 5.97 Å². The van der Waals surface area contributed by atoms with Crippen LogP contribution in [0.25, 0.3) is 0 Å². The summed E-state index contributed by atoms with van der Waals surface area (Å²) in [6.45, 7) is 0.0387. The van der Waals surface area contributed by atoms with Crippen molar-refractivity contribution < 1.29 is 19.1 Å². The molecule has 0 aliphatic heterocycles. The Bertz CT molecular complexity index is 450. The fraction of sp³-hybridized carbons (Fsp3) is 0.385. The molecule has 0 aliphatic rings. The number of rotatable bonds is 6. The van der Waals surface area contributed by atoms with E-state index in [9.17, 15) is 9.59 Å².